The van der Waals surface area contributed by atoms with Gasteiger partial charge in [0.25, 0.3) is 5.91 Å². The molecule has 0 aliphatic carbocycles. The van der Waals surface area contributed by atoms with E-state index in [1.165, 1.54) is 0 Å². The molecule has 1 N–H and O–H groups in total. The highest BCUT2D eigenvalue weighted by Gasteiger charge is 2.13. The molecule has 0 fully saturated rings. The van der Waals surface area contributed by atoms with Gasteiger partial charge in [-0.05, 0) is 44.2 Å². The average molecular weight is 339 g/mol. The first-order chi connectivity index (χ1) is 12.0. The maximum atomic E-state index is 12.7. The predicted molar refractivity (Wildman–Crippen MR) is 97.6 cm³/mol. The van der Waals surface area contributed by atoms with E-state index in [0.29, 0.717) is 29.4 Å². The standard InChI is InChI=1S/C19H21N3O3/c1-5-25-18-9-7-14(24-4)11-16(18)21-19(23)13-6-8-17-15(10-13)20-12(2)22(17)3/h6-11H,5H2,1-4H3,(H,21,23). The number of ether oxygens (including phenoxy) is 2. The number of nitrogens with one attached hydrogen (secondary N) is 1. The van der Waals surface area contributed by atoms with Crippen LogP contribution in [0.2, 0.25) is 0 Å². The maximum absolute atomic E-state index is 12.7. The summed E-state index contributed by atoms with van der Waals surface area (Å²) in [5.41, 5.74) is 2.90. The highest BCUT2D eigenvalue weighted by atomic mass is 16.5. The van der Waals surface area contributed by atoms with Gasteiger partial charge in [0.05, 0.1) is 30.4 Å². The molecule has 0 bridgehead atoms. The SMILES string of the molecule is CCOc1ccc(OC)cc1NC(=O)c1ccc2c(c1)nc(C)n2C. The van der Waals surface area contributed by atoms with Crippen LogP contribution in [0.1, 0.15) is 23.1 Å². The lowest BCUT2D eigenvalue weighted by Gasteiger charge is -2.13. The Morgan fingerprint density at radius 2 is 2.04 bits per heavy atom. The molecule has 0 saturated carbocycles. The molecular weight excluding hydrogens is 318 g/mol. The number of amides is 1. The Labute approximate surface area is 146 Å². The smallest absolute Gasteiger partial charge is 0.255 e. The van der Waals surface area contributed by atoms with Gasteiger partial charge in [0.15, 0.2) is 0 Å². The van der Waals surface area contributed by atoms with Crippen LogP contribution < -0.4 is 14.8 Å². The lowest BCUT2D eigenvalue weighted by molar-refractivity contribution is 0.102. The molecule has 6 heteroatoms. The molecule has 0 atom stereocenters. The van der Waals surface area contributed by atoms with Gasteiger partial charge >= 0.3 is 0 Å². The molecule has 0 spiro atoms. The number of aryl methyl sites for hydroxylation is 2. The number of hydrogen-bond acceptors (Lipinski definition) is 4. The van der Waals surface area contributed by atoms with Crippen LogP contribution in [-0.2, 0) is 7.05 Å². The minimum atomic E-state index is -0.223. The van der Waals surface area contributed by atoms with Crippen LogP contribution in [0.3, 0.4) is 0 Å². The Balaban J connectivity index is 1.91. The fourth-order valence-corrected chi connectivity index (χ4v) is 2.67. The first-order valence-corrected chi connectivity index (χ1v) is 8.08. The molecule has 25 heavy (non-hydrogen) atoms. The topological polar surface area (TPSA) is 65.4 Å². The summed E-state index contributed by atoms with van der Waals surface area (Å²) >= 11 is 0. The van der Waals surface area contributed by atoms with Crippen molar-refractivity contribution < 1.29 is 14.3 Å². The normalized spacial score (nSPS) is 10.7. The summed E-state index contributed by atoms with van der Waals surface area (Å²) in [6.07, 6.45) is 0. The zero-order valence-corrected chi connectivity index (χ0v) is 14.8. The van der Waals surface area contributed by atoms with E-state index in [4.69, 9.17) is 9.47 Å². The number of carbonyl (C=O) groups excluding carboxylic acids is 1. The van der Waals surface area contributed by atoms with Crippen molar-refractivity contribution in [3.05, 3.63) is 47.8 Å². The van der Waals surface area contributed by atoms with Crippen molar-refractivity contribution >= 4 is 22.6 Å². The van der Waals surface area contributed by atoms with E-state index in [9.17, 15) is 4.79 Å². The Kier molecular flexibility index (Phi) is 4.61. The summed E-state index contributed by atoms with van der Waals surface area (Å²) in [5, 5.41) is 2.89. The summed E-state index contributed by atoms with van der Waals surface area (Å²) in [6, 6.07) is 10.8. The molecule has 3 aromatic rings. The third-order valence-corrected chi connectivity index (χ3v) is 4.10. The molecule has 130 valence electrons. The number of carbonyl (C=O) groups is 1. The van der Waals surface area contributed by atoms with Gasteiger partial charge < -0.3 is 19.4 Å². The largest absolute Gasteiger partial charge is 0.497 e. The van der Waals surface area contributed by atoms with Gasteiger partial charge in [0, 0.05) is 18.7 Å². The van der Waals surface area contributed by atoms with Gasteiger partial charge in [0.2, 0.25) is 0 Å². The lowest BCUT2D eigenvalue weighted by Crippen LogP contribution is -2.13. The first kappa shape index (κ1) is 16.8. The summed E-state index contributed by atoms with van der Waals surface area (Å²) in [5.74, 6) is 1.93. The van der Waals surface area contributed by atoms with Crippen LogP contribution >= 0.6 is 0 Å². The Bertz CT molecular complexity index is 931. The van der Waals surface area contributed by atoms with Crippen LogP contribution in [-0.4, -0.2) is 29.2 Å². The van der Waals surface area contributed by atoms with Gasteiger partial charge in [-0.2, -0.15) is 0 Å². The van der Waals surface area contributed by atoms with Crippen LogP contribution in [0.5, 0.6) is 11.5 Å². The van der Waals surface area contributed by atoms with Crippen LogP contribution in [0.4, 0.5) is 5.69 Å². The zero-order valence-electron chi connectivity index (χ0n) is 14.8. The molecule has 0 aliphatic rings. The number of methoxy groups -OCH3 is 1. The molecule has 0 radical (unpaired) electrons. The Morgan fingerprint density at radius 1 is 1.24 bits per heavy atom. The monoisotopic (exact) mass is 339 g/mol. The van der Waals surface area contributed by atoms with Gasteiger partial charge in [-0.15, -0.1) is 0 Å². The lowest BCUT2D eigenvalue weighted by atomic mass is 10.1. The van der Waals surface area contributed by atoms with E-state index in [0.717, 1.165) is 16.9 Å². The third kappa shape index (κ3) is 3.28. The molecule has 3 rings (SSSR count). The second-order valence-corrected chi connectivity index (χ2v) is 5.67. The number of aromatic nitrogens is 2. The van der Waals surface area contributed by atoms with Crippen LogP contribution in [0.15, 0.2) is 36.4 Å². The molecule has 1 amide bonds. The number of imidazole rings is 1. The van der Waals surface area contributed by atoms with E-state index in [1.807, 2.05) is 31.5 Å². The second kappa shape index (κ2) is 6.84. The van der Waals surface area contributed by atoms with E-state index in [-0.39, 0.29) is 5.91 Å². The number of benzene rings is 2. The van der Waals surface area contributed by atoms with Crippen molar-refractivity contribution in [3.63, 3.8) is 0 Å². The fourth-order valence-electron chi connectivity index (χ4n) is 2.67. The van der Waals surface area contributed by atoms with Crippen LogP contribution in [0.25, 0.3) is 11.0 Å². The van der Waals surface area contributed by atoms with Gasteiger partial charge in [-0.25, -0.2) is 4.98 Å². The van der Waals surface area contributed by atoms with Gasteiger partial charge in [0.1, 0.15) is 17.3 Å². The minimum absolute atomic E-state index is 0.223. The number of rotatable bonds is 5. The highest BCUT2D eigenvalue weighted by molar-refractivity contribution is 6.06. The summed E-state index contributed by atoms with van der Waals surface area (Å²) < 4.78 is 12.8. The molecular formula is C19H21N3O3. The first-order valence-electron chi connectivity index (χ1n) is 8.08. The second-order valence-electron chi connectivity index (χ2n) is 5.67. The molecule has 0 unspecified atom stereocenters. The summed E-state index contributed by atoms with van der Waals surface area (Å²) in [6.45, 7) is 4.34. The Morgan fingerprint density at radius 3 is 2.76 bits per heavy atom. The molecule has 2 aromatic carbocycles. The van der Waals surface area contributed by atoms with E-state index >= 15 is 0 Å². The predicted octanol–water partition coefficient (Wildman–Crippen LogP) is 3.54. The molecule has 0 aliphatic heterocycles. The minimum Gasteiger partial charge on any atom is -0.497 e. The van der Waals surface area contributed by atoms with Crippen molar-refractivity contribution in [2.75, 3.05) is 19.0 Å². The maximum Gasteiger partial charge on any atom is 0.255 e. The van der Waals surface area contributed by atoms with E-state index in [1.54, 1.807) is 37.4 Å². The van der Waals surface area contributed by atoms with Gasteiger partial charge in [-0.1, -0.05) is 0 Å². The van der Waals surface area contributed by atoms with Gasteiger partial charge in [-0.3, -0.25) is 4.79 Å². The average Bonchev–Trinajstić information content (AvgIpc) is 2.90. The van der Waals surface area contributed by atoms with Crippen LogP contribution in [0, 0.1) is 6.92 Å². The van der Waals surface area contributed by atoms with Crippen molar-refractivity contribution in [3.8, 4) is 11.5 Å². The molecule has 1 aromatic heterocycles. The number of anilines is 1. The van der Waals surface area contributed by atoms with Crippen molar-refractivity contribution in [2.45, 2.75) is 13.8 Å². The third-order valence-electron chi connectivity index (χ3n) is 4.10. The summed E-state index contributed by atoms with van der Waals surface area (Å²) in [7, 11) is 3.54. The van der Waals surface area contributed by atoms with Crippen molar-refractivity contribution in [1.29, 1.82) is 0 Å². The molecule has 0 saturated heterocycles. The number of nitrogens with zero attached hydrogens (tertiary/aromatic N) is 2. The number of fused-ring (bicyclic) bond motifs is 1. The molecule has 6 nitrogen and oxygen atoms in total. The highest BCUT2D eigenvalue weighted by Crippen LogP contribution is 2.30. The van der Waals surface area contributed by atoms with Crippen molar-refractivity contribution in [1.82, 2.24) is 9.55 Å². The number of hydrogen-bond donors (Lipinski definition) is 1. The van der Waals surface area contributed by atoms with E-state index in [2.05, 4.69) is 10.3 Å². The fraction of sp³-hybridized carbons (Fsp3) is 0.263. The summed E-state index contributed by atoms with van der Waals surface area (Å²) in [4.78, 5) is 17.1. The van der Waals surface area contributed by atoms with E-state index < -0.39 is 0 Å². The zero-order chi connectivity index (χ0) is 18.0. The van der Waals surface area contributed by atoms with Crippen molar-refractivity contribution in [2.24, 2.45) is 7.05 Å². The quantitative estimate of drug-likeness (QED) is 0.772. The Hall–Kier alpha value is -3.02. The molecule has 1 heterocycles.